The molecule has 0 amide bonds. The van der Waals surface area contributed by atoms with Crippen molar-refractivity contribution in [3.63, 3.8) is 0 Å². The molecule has 0 saturated carbocycles. The first-order valence-corrected chi connectivity index (χ1v) is 7.75. The standard InChI is InChI=1S/C16H13N5S.ClH/c1-11-5-6-21-14(9-17-15(21)7-11)12-3-2-4-13(8-12)19-16-20-18-10-22-16;/h2-10H,1H3,(H,19,20);1H. The largest absolute Gasteiger partial charge is 0.330 e. The van der Waals surface area contributed by atoms with Gasteiger partial charge < -0.3 is 5.32 Å². The average molecular weight is 344 g/mol. The maximum Gasteiger partial charge on any atom is 0.209 e. The van der Waals surface area contributed by atoms with Crippen molar-refractivity contribution < 1.29 is 0 Å². The molecule has 7 heteroatoms. The van der Waals surface area contributed by atoms with Gasteiger partial charge in [-0.1, -0.05) is 23.5 Å². The SMILES string of the molecule is Cc1ccn2c(-c3cccc(Nc4nncs4)c3)cnc2c1.Cl. The van der Waals surface area contributed by atoms with E-state index in [-0.39, 0.29) is 12.4 Å². The van der Waals surface area contributed by atoms with Gasteiger partial charge >= 0.3 is 0 Å². The number of imidazole rings is 1. The number of hydrogen-bond acceptors (Lipinski definition) is 5. The predicted octanol–water partition coefficient (Wildman–Crippen LogP) is 4.33. The van der Waals surface area contributed by atoms with Gasteiger partial charge in [0.15, 0.2) is 0 Å². The highest BCUT2D eigenvalue weighted by Gasteiger charge is 2.07. The number of fused-ring (bicyclic) bond motifs is 1. The zero-order valence-electron chi connectivity index (χ0n) is 12.3. The van der Waals surface area contributed by atoms with E-state index < -0.39 is 0 Å². The van der Waals surface area contributed by atoms with Crippen LogP contribution in [0.25, 0.3) is 16.9 Å². The van der Waals surface area contributed by atoms with Crippen LogP contribution >= 0.6 is 23.7 Å². The first kappa shape index (κ1) is 15.5. The summed E-state index contributed by atoms with van der Waals surface area (Å²) in [5.41, 5.74) is 7.02. The number of halogens is 1. The Morgan fingerprint density at radius 3 is 2.91 bits per heavy atom. The van der Waals surface area contributed by atoms with Gasteiger partial charge in [-0.05, 0) is 36.8 Å². The van der Waals surface area contributed by atoms with Crippen LogP contribution < -0.4 is 5.32 Å². The highest BCUT2D eigenvalue weighted by Crippen LogP contribution is 2.26. The van der Waals surface area contributed by atoms with Gasteiger partial charge in [0.1, 0.15) is 11.2 Å². The monoisotopic (exact) mass is 343 g/mol. The lowest BCUT2D eigenvalue weighted by Gasteiger charge is -2.06. The number of aryl methyl sites for hydroxylation is 1. The first-order chi connectivity index (χ1) is 10.8. The number of nitrogens with one attached hydrogen (secondary N) is 1. The molecule has 1 aromatic carbocycles. The number of aromatic nitrogens is 4. The summed E-state index contributed by atoms with van der Waals surface area (Å²) in [6, 6.07) is 12.4. The van der Waals surface area contributed by atoms with Crippen LogP contribution in [0.2, 0.25) is 0 Å². The van der Waals surface area contributed by atoms with E-state index in [1.807, 2.05) is 18.3 Å². The minimum absolute atomic E-state index is 0. The topological polar surface area (TPSA) is 55.1 Å². The Morgan fingerprint density at radius 1 is 1.17 bits per heavy atom. The second-order valence-corrected chi connectivity index (χ2v) is 5.86. The molecule has 0 unspecified atom stereocenters. The number of anilines is 2. The molecule has 0 saturated heterocycles. The fourth-order valence-electron chi connectivity index (χ4n) is 2.40. The van der Waals surface area contributed by atoms with Crippen LogP contribution in [0, 0.1) is 6.92 Å². The molecule has 0 aliphatic rings. The smallest absolute Gasteiger partial charge is 0.209 e. The summed E-state index contributed by atoms with van der Waals surface area (Å²) in [5, 5.41) is 11.9. The quantitative estimate of drug-likeness (QED) is 0.601. The lowest BCUT2D eigenvalue weighted by Crippen LogP contribution is -1.92. The average Bonchev–Trinajstić information content (AvgIpc) is 3.16. The van der Waals surface area contributed by atoms with Crippen LogP contribution in [0.15, 0.2) is 54.3 Å². The van der Waals surface area contributed by atoms with Crippen molar-refractivity contribution >= 4 is 40.2 Å². The molecule has 23 heavy (non-hydrogen) atoms. The fraction of sp³-hybridized carbons (Fsp3) is 0.0625. The summed E-state index contributed by atoms with van der Waals surface area (Å²) in [6.45, 7) is 2.07. The minimum Gasteiger partial charge on any atom is -0.330 e. The normalized spacial score (nSPS) is 10.5. The molecule has 5 nitrogen and oxygen atoms in total. The number of rotatable bonds is 3. The van der Waals surface area contributed by atoms with Crippen LogP contribution in [0.5, 0.6) is 0 Å². The van der Waals surface area contributed by atoms with Gasteiger partial charge in [0.25, 0.3) is 0 Å². The molecule has 0 bridgehead atoms. The van der Waals surface area contributed by atoms with Crippen LogP contribution in [0.4, 0.5) is 10.8 Å². The Labute approximate surface area is 143 Å². The molecule has 4 rings (SSSR count). The number of nitrogens with zero attached hydrogens (tertiary/aromatic N) is 4. The van der Waals surface area contributed by atoms with Gasteiger partial charge in [0.2, 0.25) is 5.13 Å². The van der Waals surface area contributed by atoms with Gasteiger partial charge in [-0.2, -0.15) is 0 Å². The maximum atomic E-state index is 4.48. The van der Waals surface area contributed by atoms with Crippen molar-refractivity contribution in [3.8, 4) is 11.3 Å². The third-order valence-corrected chi connectivity index (χ3v) is 4.05. The van der Waals surface area contributed by atoms with Crippen molar-refractivity contribution in [2.24, 2.45) is 0 Å². The second-order valence-electron chi connectivity index (χ2n) is 5.03. The number of benzene rings is 1. The van der Waals surface area contributed by atoms with Crippen molar-refractivity contribution in [1.82, 2.24) is 19.6 Å². The van der Waals surface area contributed by atoms with Crippen LogP contribution in [-0.4, -0.2) is 19.6 Å². The van der Waals surface area contributed by atoms with Gasteiger partial charge in [-0.3, -0.25) is 4.40 Å². The van der Waals surface area contributed by atoms with Gasteiger partial charge in [0, 0.05) is 17.4 Å². The van der Waals surface area contributed by atoms with E-state index in [0.717, 1.165) is 27.7 Å². The zero-order chi connectivity index (χ0) is 14.9. The molecule has 3 aromatic heterocycles. The molecule has 0 spiro atoms. The van der Waals surface area contributed by atoms with Crippen LogP contribution in [0.1, 0.15) is 5.56 Å². The summed E-state index contributed by atoms with van der Waals surface area (Å²) in [7, 11) is 0. The van der Waals surface area contributed by atoms with E-state index in [4.69, 9.17) is 0 Å². The molecular formula is C16H14ClN5S. The maximum absolute atomic E-state index is 4.48. The highest BCUT2D eigenvalue weighted by molar-refractivity contribution is 7.13. The highest BCUT2D eigenvalue weighted by atomic mass is 35.5. The summed E-state index contributed by atoms with van der Waals surface area (Å²) in [4.78, 5) is 4.48. The molecule has 0 fully saturated rings. The summed E-state index contributed by atoms with van der Waals surface area (Å²) in [6.07, 6.45) is 3.96. The molecule has 3 heterocycles. The Kier molecular flexibility index (Phi) is 4.27. The molecular weight excluding hydrogens is 330 g/mol. The third-order valence-electron chi connectivity index (χ3n) is 3.44. The van der Waals surface area contributed by atoms with E-state index in [9.17, 15) is 0 Å². The molecule has 116 valence electrons. The van der Waals surface area contributed by atoms with E-state index in [1.165, 1.54) is 16.9 Å². The lowest BCUT2D eigenvalue weighted by atomic mass is 10.1. The number of hydrogen-bond donors (Lipinski definition) is 1. The van der Waals surface area contributed by atoms with Crippen molar-refractivity contribution in [3.05, 3.63) is 59.9 Å². The van der Waals surface area contributed by atoms with Gasteiger partial charge in [0.05, 0.1) is 11.9 Å². The summed E-state index contributed by atoms with van der Waals surface area (Å²) >= 11 is 1.47. The van der Waals surface area contributed by atoms with Crippen molar-refractivity contribution in [2.75, 3.05) is 5.32 Å². The molecule has 0 radical (unpaired) electrons. The van der Waals surface area contributed by atoms with Crippen molar-refractivity contribution in [2.45, 2.75) is 6.92 Å². The molecule has 4 aromatic rings. The number of pyridine rings is 1. The second kappa shape index (κ2) is 6.36. The predicted molar refractivity (Wildman–Crippen MR) is 95.8 cm³/mol. The summed E-state index contributed by atoms with van der Waals surface area (Å²) < 4.78 is 2.09. The van der Waals surface area contributed by atoms with E-state index >= 15 is 0 Å². The Balaban J connectivity index is 0.00000156. The molecule has 1 N–H and O–H groups in total. The van der Waals surface area contributed by atoms with E-state index in [1.54, 1.807) is 5.51 Å². The zero-order valence-corrected chi connectivity index (χ0v) is 13.9. The molecule has 0 atom stereocenters. The van der Waals surface area contributed by atoms with Gasteiger partial charge in [-0.25, -0.2) is 4.98 Å². The first-order valence-electron chi connectivity index (χ1n) is 6.87. The minimum atomic E-state index is 0. The molecule has 0 aliphatic carbocycles. The Hall–Kier alpha value is -2.44. The van der Waals surface area contributed by atoms with Crippen LogP contribution in [0.3, 0.4) is 0 Å². The lowest BCUT2D eigenvalue weighted by molar-refractivity contribution is 1.09. The third kappa shape index (κ3) is 3.04. The van der Waals surface area contributed by atoms with Gasteiger partial charge in [-0.15, -0.1) is 22.6 Å². The Bertz CT molecular complexity index is 933. The Morgan fingerprint density at radius 2 is 2.09 bits per heavy atom. The fourth-order valence-corrected chi connectivity index (χ4v) is 2.87. The van der Waals surface area contributed by atoms with E-state index in [0.29, 0.717) is 0 Å². The molecule has 0 aliphatic heterocycles. The van der Waals surface area contributed by atoms with E-state index in [2.05, 4.69) is 62.3 Å². The van der Waals surface area contributed by atoms with Crippen LogP contribution in [-0.2, 0) is 0 Å². The summed E-state index contributed by atoms with van der Waals surface area (Å²) in [5.74, 6) is 0. The van der Waals surface area contributed by atoms with Crippen molar-refractivity contribution in [1.29, 1.82) is 0 Å².